The van der Waals surface area contributed by atoms with Gasteiger partial charge in [-0.2, -0.15) is 0 Å². The number of nitro groups is 1. The van der Waals surface area contributed by atoms with Crippen molar-refractivity contribution in [1.82, 2.24) is 0 Å². The fraction of sp³-hybridized carbons (Fsp3) is 0.417. The fourth-order valence-corrected chi connectivity index (χ4v) is 2.33. The number of nitro benzene ring substituents is 1. The van der Waals surface area contributed by atoms with Crippen LogP contribution in [0.2, 0.25) is 0 Å². The maximum atomic E-state index is 11.1. The molecule has 1 N–H and O–H groups in total. The summed E-state index contributed by atoms with van der Waals surface area (Å²) < 4.78 is 4.99. The standard InChI is InChI=1S/C12H14N2O5/c1-19-11-7-8(4-5-9(11)14(17)18)13-6-2-3-10(13)12(15)16/h4-5,7,10H,2-3,6H2,1H3,(H,15,16)/t10-/m0/s1. The van der Waals surface area contributed by atoms with Gasteiger partial charge >= 0.3 is 11.7 Å². The Morgan fingerprint density at radius 2 is 2.32 bits per heavy atom. The molecule has 7 nitrogen and oxygen atoms in total. The summed E-state index contributed by atoms with van der Waals surface area (Å²) >= 11 is 0. The molecular formula is C12H14N2O5. The normalized spacial score (nSPS) is 18.4. The first kappa shape index (κ1) is 13.1. The SMILES string of the molecule is COc1cc(N2CCC[C@H]2C(=O)O)ccc1[N+](=O)[O-]. The third-order valence-corrected chi connectivity index (χ3v) is 3.23. The minimum absolute atomic E-state index is 0.127. The first-order valence-corrected chi connectivity index (χ1v) is 5.86. The molecule has 0 amide bonds. The van der Waals surface area contributed by atoms with Gasteiger partial charge in [-0.1, -0.05) is 0 Å². The number of methoxy groups -OCH3 is 1. The minimum atomic E-state index is -0.880. The molecule has 7 heteroatoms. The molecule has 0 saturated carbocycles. The Morgan fingerprint density at radius 1 is 1.58 bits per heavy atom. The molecule has 102 valence electrons. The molecule has 0 bridgehead atoms. The van der Waals surface area contributed by atoms with Crippen molar-refractivity contribution in [2.75, 3.05) is 18.6 Å². The van der Waals surface area contributed by atoms with Crippen molar-refractivity contribution in [3.63, 3.8) is 0 Å². The van der Waals surface area contributed by atoms with E-state index >= 15 is 0 Å². The lowest BCUT2D eigenvalue weighted by Gasteiger charge is -2.23. The number of nitrogens with zero attached hydrogens (tertiary/aromatic N) is 2. The van der Waals surface area contributed by atoms with Crippen LogP contribution in [0.4, 0.5) is 11.4 Å². The lowest BCUT2D eigenvalue weighted by molar-refractivity contribution is -0.385. The quantitative estimate of drug-likeness (QED) is 0.658. The van der Waals surface area contributed by atoms with E-state index in [0.717, 1.165) is 6.42 Å². The second-order valence-electron chi connectivity index (χ2n) is 4.30. The third kappa shape index (κ3) is 2.44. The predicted molar refractivity (Wildman–Crippen MR) is 67.7 cm³/mol. The highest BCUT2D eigenvalue weighted by Crippen LogP contribution is 2.34. The summed E-state index contributed by atoms with van der Waals surface area (Å²) in [7, 11) is 1.35. The van der Waals surface area contributed by atoms with E-state index in [1.54, 1.807) is 11.0 Å². The molecule has 1 fully saturated rings. The molecule has 0 radical (unpaired) electrons. The van der Waals surface area contributed by atoms with Gasteiger partial charge in [0.2, 0.25) is 0 Å². The van der Waals surface area contributed by atoms with E-state index in [9.17, 15) is 14.9 Å². The van der Waals surface area contributed by atoms with E-state index in [0.29, 0.717) is 18.7 Å². The summed E-state index contributed by atoms with van der Waals surface area (Å²) in [5, 5.41) is 19.9. The van der Waals surface area contributed by atoms with Gasteiger partial charge in [0.1, 0.15) is 6.04 Å². The van der Waals surface area contributed by atoms with E-state index in [1.807, 2.05) is 0 Å². The van der Waals surface area contributed by atoms with Gasteiger partial charge in [0.15, 0.2) is 5.75 Å². The highest BCUT2D eigenvalue weighted by molar-refractivity contribution is 5.79. The molecule has 1 saturated heterocycles. The van der Waals surface area contributed by atoms with Crippen LogP contribution < -0.4 is 9.64 Å². The number of hydrogen-bond acceptors (Lipinski definition) is 5. The van der Waals surface area contributed by atoms with Gasteiger partial charge in [0.25, 0.3) is 0 Å². The van der Waals surface area contributed by atoms with Crippen LogP contribution in [0.15, 0.2) is 18.2 Å². The van der Waals surface area contributed by atoms with Crippen molar-refractivity contribution >= 4 is 17.3 Å². The van der Waals surface area contributed by atoms with Gasteiger partial charge in [-0.05, 0) is 18.9 Å². The van der Waals surface area contributed by atoms with Gasteiger partial charge in [-0.15, -0.1) is 0 Å². The van der Waals surface area contributed by atoms with Crippen molar-refractivity contribution in [3.8, 4) is 5.75 Å². The van der Waals surface area contributed by atoms with Crippen LogP contribution in [0.3, 0.4) is 0 Å². The van der Waals surface area contributed by atoms with E-state index in [4.69, 9.17) is 9.84 Å². The van der Waals surface area contributed by atoms with E-state index in [2.05, 4.69) is 0 Å². The highest BCUT2D eigenvalue weighted by Gasteiger charge is 2.31. The number of carboxylic acids is 1. The van der Waals surface area contributed by atoms with Gasteiger partial charge in [0, 0.05) is 24.4 Å². The Bertz CT molecular complexity index is 517. The third-order valence-electron chi connectivity index (χ3n) is 3.23. The Hall–Kier alpha value is -2.31. The molecule has 1 heterocycles. The molecule has 0 unspecified atom stereocenters. The molecule has 1 aromatic rings. The zero-order valence-electron chi connectivity index (χ0n) is 10.4. The summed E-state index contributed by atoms with van der Waals surface area (Å²) in [6.45, 7) is 0.623. The monoisotopic (exact) mass is 266 g/mol. The lowest BCUT2D eigenvalue weighted by atomic mass is 10.2. The average molecular weight is 266 g/mol. The summed E-state index contributed by atoms with van der Waals surface area (Å²) in [4.78, 5) is 23.1. The second-order valence-corrected chi connectivity index (χ2v) is 4.30. The Balaban J connectivity index is 2.35. The van der Waals surface area contributed by atoms with E-state index in [-0.39, 0.29) is 11.4 Å². The van der Waals surface area contributed by atoms with Crippen LogP contribution in [0.5, 0.6) is 5.75 Å². The van der Waals surface area contributed by atoms with Crippen LogP contribution in [0.25, 0.3) is 0 Å². The van der Waals surface area contributed by atoms with Crippen molar-refractivity contribution in [1.29, 1.82) is 0 Å². The Labute approximate surface area is 109 Å². The van der Waals surface area contributed by atoms with Gasteiger partial charge in [0.05, 0.1) is 12.0 Å². The van der Waals surface area contributed by atoms with Crippen LogP contribution in [-0.4, -0.2) is 35.7 Å². The molecule has 0 aliphatic carbocycles. The fourth-order valence-electron chi connectivity index (χ4n) is 2.33. The zero-order valence-corrected chi connectivity index (χ0v) is 10.4. The molecule has 2 rings (SSSR count). The minimum Gasteiger partial charge on any atom is -0.490 e. The summed E-state index contributed by atoms with van der Waals surface area (Å²) in [5.74, 6) is -0.742. The number of ether oxygens (including phenoxy) is 1. The molecule has 0 aromatic heterocycles. The largest absolute Gasteiger partial charge is 0.490 e. The number of carbonyl (C=O) groups is 1. The van der Waals surface area contributed by atoms with Crippen molar-refractivity contribution in [3.05, 3.63) is 28.3 Å². The van der Waals surface area contributed by atoms with E-state index in [1.165, 1.54) is 19.2 Å². The summed E-state index contributed by atoms with van der Waals surface area (Å²) in [5.41, 5.74) is 0.504. The zero-order chi connectivity index (χ0) is 14.0. The second kappa shape index (κ2) is 5.13. The summed E-state index contributed by atoms with van der Waals surface area (Å²) in [6, 6.07) is 3.83. The van der Waals surface area contributed by atoms with Crippen LogP contribution >= 0.6 is 0 Å². The maximum absolute atomic E-state index is 11.1. The molecular weight excluding hydrogens is 252 g/mol. The number of aliphatic carboxylic acids is 1. The molecule has 1 aliphatic rings. The first-order valence-electron chi connectivity index (χ1n) is 5.86. The van der Waals surface area contributed by atoms with Crippen LogP contribution in [0.1, 0.15) is 12.8 Å². The van der Waals surface area contributed by atoms with Crippen molar-refractivity contribution < 1.29 is 19.6 Å². The van der Waals surface area contributed by atoms with E-state index < -0.39 is 16.9 Å². The molecule has 1 aliphatic heterocycles. The topological polar surface area (TPSA) is 92.9 Å². The number of carboxylic acid groups (broad SMARTS) is 1. The number of benzene rings is 1. The molecule has 19 heavy (non-hydrogen) atoms. The van der Waals surface area contributed by atoms with Crippen LogP contribution in [-0.2, 0) is 4.79 Å². The van der Waals surface area contributed by atoms with Crippen LogP contribution in [0, 0.1) is 10.1 Å². The van der Waals surface area contributed by atoms with Crippen molar-refractivity contribution in [2.45, 2.75) is 18.9 Å². The first-order chi connectivity index (χ1) is 9.04. The molecule has 1 atom stereocenters. The Kier molecular flexibility index (Phi) is 3.55. The van der Waals surface area contributed by atoms with Gasteiger partial charge in [-0.3, -0.25) is 10.1 Å². The number of anilines is 1. The number of rotatable bonds is 4. The maximum Gasteiger partial charge on any atom is 0.326 e. The average Bonchev–Trinajstić information content (AvgIpc) is 2.87. The lowest BCUT2D eigenvalue weighted by Crippen LogP contribution is -2.35. The highest BCUT2D eigenvalue weighted by atomic mass is 16.6. The molecule has 1 aromatic carbocycles. The van der Waals surface area contributed by atoms with Gasteiger partial charge in [-0.25, -0.2) is 4.79 Å². The Morgan fingerprint density at radius 3 is 2.89 bits per heavy atom. The van der Waals surface area contributed by atoms with Gasteiger partial charge < -0.3 is 14.7 Å². The molecule has 0 spiro atoms. The number of hydrogen-bond donors (Lipinski definition) is 1. The van der Waals surface area contributed by atoms with Crippen molar-refractivity contribution in [2.24, 2.45) is 0 Å². The summed E-state index contributed by atoms with van der Waals surface area (Å²) in [6.07, 6.45) is 1.37. The predicted octanol–water partition coefficient (Wildman–Crippen LogP) is 1.66. The smallest absolute Gasteiger partial charge is 0.326 e.